The molecule has 0 aromatic carbocycles. The molecule has 8 heteroatoms. The smallest absolute Gasteiger partial charge is 0.215 e. The van der Waals surface area contributed by atoms with Crippen LogP contribution in [0.15, 0.2) is 0 Å². The Balaban J connectivity index is 2.93. The molecule has 0 amide bonds. The molecular formula is C13H21N5O2S. The van der Waals surface area contributed by atoms with E-state index in [0.29, 0.717) is 24.2 Å². The summed E-state index contributed by atoms with van der Waals surface area (Å²) in [5.74, 6) is 0.282. The fourth-order valence-electron chi connectivity index (χ4n) is 1.90. The molecule has 0 aliphatic heterocycles. The van der Waals surface area contributed by atoms with Crippen LogP contribution in [0.25, 0.3) is 0 Å². The van der Waals surface area contributed by atoms with Gasteiger partial charge in [-0.25, -0.2) is 12.7 Å². The lowest BCUT2D eigenvalue weighted by Gasteiger charge is -2.14. The molecule has 7 nitrogen and oxygen atoms in total. The molecule has 0 saturated carbocycles. The van der Waals surface area contributed by atoms with Gasteiger partial charge < -0.3 is 5.32 Å². The normalized spacial score (nSPS) is 11.4. The van der Waals surface area contributed by atoms with E-state index in [1.165, 1.54) is 18.4 Å². The van der Waals surface area contributed by atoms with Gasteiger partial charge in [0.1, 0.15) is 11.6 Å². The van der Waals surface area contributed by atoms with E-state index in [0.717, 1.165) is 11.3 Å². The maximum atomic E-state index is 11.7. The Kier molecular flexibility index (Phi) is 6.05. The monoisotopic (exact) mass is 311 g/mol. The SMILES string of the molecule is CCc1nnc(NCCS(=O)(=O)N(C)C)c(C#N)c1CC. The third kappa shape index (κ3) is 4.12. The van der Waals surface area contributed by atoms with Crippen LogP contribution in [0.1, 0.15) is 30.7 Å². The second-order valence-electron chi connectivity index (χ2n) is 4.69. The average Bonchev–Trinajstić information content (AvgIpc) is 2.45. The zero-order valence-electron chi connectivity index (χ0n) is 12.8. The Bertz CT molecular complexity index is 635. The molecule has 21 heavy (non-hydrogen) atoms. The second-order valence-corrected chi connectivity index (χ2v) is 7.00. The van der Waals surface area contributed by atoms with Crippen molar-refractivity contribution in [3.05, 3.63) is 16.8 Å². The van der Waals surface area contributed by atoms with Gasteiger partial charge in [-0.1, -0.05) is 13.8 Å². The molecule has 0 unspecified atom stereocenters. The van der Waals surface area contributed by atoms with Gasteiger partial charge in [-0.2, -0.15) is 10.4 Å². The van der Waals surface area contributed by atoms with Crippen molar-refractivity contribution in [1.82, 2.24) is 14.5 Å². The van der Waals surface area contributed by atoms with Gasteiger partial charge in [0.15, 0.2) is 5.82 Å². The summed E-state index contributed by atoms with van der Waals surface area (Å²) in [6.45, 7) is 4.09. The summed E-state index contributed by atoms with van der Waals surface area (Å²) in [6, 6.07) is 2.14. The molecular weight excluding hydrogens is 290 g/mol. The Hall–Kier alpha value is -1.72. The Morgan fingerprint density at radius 3 is 2.38 bits per heavy atom. The first-order valence-corrected chi connectivity index (χ1v) is 8.40. The summed E-state index contributed by atoms with van der Waals surface area (Å²) in [4.78, 5) is 0. The maximum absolute atomic E-state index is 11.7. The number of aryl methyl sites for hydroxylation is 1. The standard InChI is InChI=1S/C13H21N5O2S/c1-5-10-11(9-14)13(17-16-12(10)6-2)15-7-8-21(19,20)18(3)4/h5-8H2,1-4H3,(H,15,17). The van der Waals surface area contributed by atoms with Gasteiger partial charge in [-0.3, -0.25) is 0 Å². The molecule has 0 saturated heterocycles. The molecule has 116 valence electrons. The van der Waals surface area contributed by atoms with Crippen LogP contribution in [0.3, 0.4) is 0 Å². The highest BCUT2D eigenvalue weighted by atomic mass is 32.2. The van der Waals surface area contributed by atoms with Crippen molar-refractivity contribution in [1.29, 1.82) is 5.26 Å². The number of nitrogens with zero attached hydrogens (tertiary/aromatic N) is 4. The third-order valence-corrected chi connectivity index (χ3v) is 5.00. The summed E-state index contributed by atoms with van der Waals surface area (Å²) in [7, 11) is -0.302. The number of anilines is 1. The fourth-order valence-corrected chi connectivity index (χ4v) is 2.62. The molecule has 0 bridgehead atoms. The van der Waals surface area contributed by atoms with Gasteiger partial charge in [-0.15, -0.1) is 5.10 Å². The van der Waals surface area contributed by atoms with E-state index in [9.17, 15) is 13.7 Å². The number of rotatable bonds is 7. The topological polar surface area (TPSA) is 99.0 Å². The molecule has 1 rings (SSSR count). The van der Waals surface area contributed by atoms with Crippen molar-refractivity contribution in [2.45, 2.75) is 26.7 Å². The first-order valence-electron chi connectivity index (χ1n) is 6.79. The number of nitriles is 1. The van der Waals surface area contributed by atoms with Crippen molar-refractivity contribution in [3.63, 3.8) is 0 Å². The highest BCUT2D eigenvalue weighted by Gasteiger charge is 2.16. The van der Waals surface area contributed by atoms with Gasteiger partial charge >= 0.3 is 0 Å². The van der Waals surface area contributed by atoms with Crippen LogP contribution < -0.4 is 5.32 Å². The van der Waals surface area contributed by atoms with E-state index < -0.39 is 10.0 Å². The molecule has 0 aliphatic carbocycles. The zero-order chi connectivity index (χ0) is 16.0. The molecule has 0 radical (unpaired) electrons. The summed E-state index contributed by atoms with van der Waals surface area (Å²) in [5, 5.41) is 20.3. The van der Waals surface area contributed by atoms with Gasteiger partial charge in [0, 0.05) is 20.6 Å². The van der Waals surface area contributed by atoms with E-state index >= 15 is 0 Å². The van der Waals surface area contributed by atoms with Gasteiger partial charge in [0.2, 0.25) is 10.0 Å². The Morgan fingerprint density at radius 2 is 1.90 bits per heavy atom. The molecule has 1 aromatic rings. The van der Waals surface area contributed by atoms with Crippen LogP contribution in [0.2, 0.25) is 0 Å². The number of sulfonamides is 1. The van der Waals surface area contributed by atoms with Crippen molar-refractivity contribution >= 4 is 15.8 Å². The second kappa shape index (κ2) is 7.33. The lowest BCUT2D eigenvalue weighted by atomic mass is 10.0. The Labute approximate surface area is 126 Å². The van der Waals surface area contributed by atoms with E-state index in [-0.39, 0.29) is 12.3 Å². The van der Waals surface area contributed by atoms with Crippen molar-refractivity contribution < 1.29 is 8.42 Å². The van der Waals surface area contributed by atoms with E-state index in [2.05, 4.69) is 21.6 Å². The minimum absolute atomic E-state index is 0.0659. The van der Waals surface area contributed by atoms with Crippen LogP contribution in [0, 0.1) is 11.3 Å². The number of hydrogen-bond donors (Lipinski definition) is 1. The van der Waals surface area contributed by atoms with E-state index in [4.69, 9.17) is 0 Å². The molecule has 0 aliphatic rings. The van der Waals surface area contributed by atoms with Gasteiger partial charge in [0.25, 0.3) is 0 Å². The molecule has 0 fully saturated rings. The van der Waals surface area contributed by atoms with Gasteiger partial charge in [0.05, 0.1) is 11.4 Å². The molecule has 1 heterocycles. The molecule has 1 aromatic heterocycles. The lowest BCUT2D eigenvalue weighted by molar-refractivity contribution is 0.521. The fraction of sp³-hybridized carbons (Fsp3) is 0.615. The summed E-state index contributed by atoms with van der Waals surface area (Å²) in [5.41, 5.74) is 2.13. The van der Waals surface area contributed by atoms with Crippen molar-refractivity contribution in [2.75, 3.05) is 31.7 Å². The third-order valence-electron chi connectivity index (χ3n) is 3.17. The first-order chi connectivity index (χ1) is 9.87. The predicted octanol–water partition coefficient (Wildman–Crippen LogP) is 0.776. The summed E-state index contributed by atoms with van der Waals surface area (Å²) < 4.78 is 24.5. The van der Waals surface area contributed by atoms with Crippen LogP contribution in [-0.4, -0.2) is 49.3 Å². The summed E-state index contributed by atoms with van der Waals surface area (Å²) >= 11 is 0. The van der Waals surface area contributed by atoms with E-state index in [1.807, 2.05) is 13.8 Å². The van der Waals surface area contributed by atoms with Crippen molar-refractivity contribution in [3.8, 4) is 6.07 Å². The minimum atomic E-state index is -3.28. The van der Waals surface area contributed by atoms with Crippen LogP contribution in [0.5, 0.6) is 0 Å². The highest BCUT2D eigenvalue weighted by molar-refractivity contribution is 7.89. The van der Waals surface area contributed by atoms with Crippen LogP contribution in [-0.2, 0) is 22.9 Å². The highest BCUT2D eigenvalue weighted by Crippen LogP contribution is 2.19. The predicted molar refractivity (Wildman–Crippen MR) is 81.5 cm³/mol. The summed E-state index contributed by atoms with van der Waals surface area (Å²) in [6.07, 6.45) is 1.40. The Morgan fingerprint density at radius 1 is 1.24 bits per heavy atom. The number of hydrogen-bond acceptors (Lipinski definition) is 6. The first kappa shape index (κ1) is 17.3. The van der Waals surface area contributed by atoms with Gasteiger partial charge in [-0.05, 0) is 18.4 Å². The molecule has 0 spiro atoms. The molecule has 1 N–H and O–H groups in total. The largest absolute Gasteiger partial charge is 0.366 e. The van der Waals surface area contributed by atoms with Crippen LogP contribution in [0.4, 0.5) is 5.82 Å². The lowest BCUT2D eigenvalue weighted by Crippen LogP contribution is -2.28. The quantitative estimate of drug-likeness (QED) is 0.799. The van der Waals surface area contributed by atoms with Crippen LogP contribution >= 0.6 is 0 Å². The minimum Gasteiger partial charge on any atom is -0.366 e. The number of aromatic nitrogens is 2. The molecule has 0 atom stereocenters. The zero-order valence-corrected chi connectivity index (χ0v) is 13.7. The maximum Gasteiger partial charge on any atom is 0.215 e. The average molecular weight is 311 g/mol. The van der Waals surface area contributed by atoms with Crippen molar-refractivity contribution in [2.24, 2.45) is 0 Å². The number of nitrogens with one attached hydrogen (secondary N) is 1. The van der Waals surface area contributed by atoms with E-state index in [1.54, 1.807) is 0 Å².